The summed E-state index contributed by atoms with van der Waals surface area (Å²) in [6.07, 6.45) is 3.91. The molecule has 0 unspecified atom stereocenters. The molecule has 0 bridgehead atoms. The second-order valence-corrected chi connectivity index (χ2v) is 6.92. The van der Waals surface area contributed by atoms with Crippen LogP contribution in [0.3, 0.4) is 0 Å². The van der Waals surface area contributed by atoms with Gasteiger partial charge in [-0.25, -0.2) is 0 Å². The van der Waals surface area contributed by atoms with Gasteiger partial charge in [0.15, 0.2) is 5.78 Å². The van der Waals surface area contributed by atoms with Gasteiger partial charge in [0.2, 0.25) is 5.91 Å². The maximum absolute atomic E-state index is 12.4. The zero-order chi connectivity index (χ0) is 17.3. The third-order valence-electron chi connectivity index (χ3n) is 4.65. The van der Waals surface area contributed by atoms with Crippen molar-refractivity contribution in [2.45, 2.75) is 58.3 Å². The molecule has 1 saturated carbocycles. The number of nitrogens with one attached hydrogen (secondary N) is 2. The lowest BCUT2D eigenvalue weighted by atomic mass is 9.86. The van der Waals surface area contributed by atoms with Crippen molar-refractivity contribution < 1.29 is 9.59 Å². The standard InChI is InChI=1S/C19H25N3O2/c1-12(2)20-16-8-9-17(16)21-19(24)11-22-10-15(13(3)23)14-6-4-5-7-18(14)22/h4-7,10,12,16-17,20H,8-9,11H2,1-3H3,(H,21,24)/t16-,17+/m1/s1. The van der Waals surface area contributed by atoms with E-state index >= 15 is 0 Å². The van der Waals surface area contributed by atoms with Crippen molar-refractivity contribution >= 4 is 22.6 Å². The van der Waals surface area contributed by atoms with Crippen molar-refractivity contribution in [3.63, 3.8) is 0 Å². The number of benzene rings is 1. The molecule has 1 aliphatic carbocycles. The summed E-state index contributed by atoms with van der Waals surface area (Å²) < 4.78 is 1.87. The van der Waals surface area contributed by atoms with E-state index in [0.29, 0.717) is 17.6 Å². The van der Waals surface area contributed by atoms with Crippen LogP contribution in [-0.4, -0.2) is 34.4 Å². The van der Waals surface area contributed by atoms with E-state index in [0.717, 1.165) is 23.7 Å². The molecule has 1 heterocycles. The highest BCUT2D eigenvalue weighted by Gasteiger charge is 2.32. The van der Waals surface area contributed by atoms with Crippen LogP contribution in [0.15, 0.2) is 30.5 Å². The minimum atomic E-state index is -0.00823. The predicted molar refractivity (Wildman–Crippen MR) is 95.2 cm³/mol. The van der Waals surface area contributed by atoms with Gasteiger partial charge in [0.25, 0.3) is 0 Å². The monoisotopic (exact) mass is 327 g/mol. The molecule has 0 spiro atoms. The fourth-order valence-electron chi connectivity index (χ4n) is 3.37. The van der Waals surface area contributed by atoms with Crippen LogP contribution in [0.4, 0.5) is 0 Å². The zero-order valence-corrected chi connectivity index (χ0v) is 14.5. The Balaban J connectivity index is 1.71. The molecule has 1 amide bonds. The molecule has 1 aromatic carbocycles. The topological polar surface area (TPSA) is 63.1 Å². The first kappa shape index (κ1) is 16.7. The van der Waals surface area contributed by atoms with E-state index in [-0.39, 0.29) is 24.3 Å². The first-order valence-corrected chi connectivity index (χ1v) is 8.60. The van der Waals surface area contributed by atoms with E-state index in [1.807, 2.05) is 28.8 Å². The third kappa shape index (κ3) is 3.36. The molecule has 2 atom stereocenters. The Morgan fingerprint density at radius 3 is 2.54 bits per heavy atom. The van der Waals surface area contributed by atoms with Crippen molar-refractivity contribution in [2.24, 2.45) is 0 Å². The summed E-state index contributed by atoms with van der Waals surface area (Å²) in [6, 6.07) is 8.69. The molecule has 3 rings (SSSR count). The van der Waals surface area contributed by atoms with Gasteiger partial charge in [0, 0.05) is 40.8 Å². The molecule has 5 nitrogen and oxygen atoms in total. The number of hydrogen-bond donors (Lipinski definition) is 2. The molecule has 128 valence electrons. The number of Topliss-reactive ketones (excluding diaryl/α,β-unsaturated/α-hetero) is 1. The van der Waals surface area contributed by atoms with Gasteiger partial charge in [-0.2, -0.15) is 0 Å². The molecule has 2 N–H and O–H groups in total. The number of nitrogens with zero attached hydrogens (tertiary/aromatic N) is 1. The minimum absolute atomic E-state index is 0.00823. The Bertz CT molecular complexity index is 763. The fourth-order valence-corrected chi connectivity index (χ4v) is 3.37. The Kier molecular flexibility index (Phi) is 4.71. The number of para-hydroxylation sites is 1. The zero-order valence-electron chi connectivity index (χ0n) is 14.5. The number of ketones is 1. The highest BCUT2D eigenvalue weighted by Crippen LogP contribution is 2.23. The molecule has 0 aliphatic heterocycles. The molecule has 2 aromatic rings. The van der Waals surface area contributed by atoms with Gasteiger partial charge in [-0.05, 0) is 25.8 Å². The van der Waals surface area contributed by atoms with Gasteiger partial charge in [-0.3, -0.25) is 9.59 Å². The molecule has 24 heavy (non-hydrogen) atoms. The lowest BCUT2D eigenvalue weighted by Crippen LogP contribution is -2.58. The molecule has 1 fully saturated rings. The Hall–Kier alpha value is -2.14. The quantitative estimate of drug-likeness (QED) is 0.801. The maximum atomic E-state index is 12.4. The summed E-state index contributed by atoms with van der Waals surface area (Å²) in [6.45, 7) is 6.03. The lowest BCUT2D eigenvalue weighted by Gasteiger charge is -2.39. The van der Waals surface area contributed by atoms with Crippen LogP contribution in [0.5, 0.6) is 0 Å². The summed E-state index contributed by atoms with van der Waals surface area (Å²) in [5, 5.41) is 7.50. The van der Waals surface area contributed by atoms with Gasteiger partial charge >= 0.3 is 0 Å². The Morgan fingerprint density at radius 1 is 1.21 bits per heavy atom. The van der Waals surface area contributed by atoms with Crippen molar-refractivity contribution in [2.75, 3.05) is 0 Å². The van der Waals surface area contributed by atoms with Crippen LogP contribution >= 0.6 is 0 Å². The predicted octanol–water partition coefficient (Wildman–Crippen LogP) is 2.49. The second-order valence-electron chi connectivity index (χ2n) is 6.92. The van der Waals surface area contributed by atoms with Gasteiger partial charge in [0.1, 0.15) is 6.54 Å². The number of aromatic nitrogens is 1. The Labute approximate surface area is 142 Å². The maximum Gasteiger partial charge on any atom is 0.240 e. The van der Waals surface area contributed by atoms with Crippen LogP contribution in [0, 0.1) is 0 Å². The summed E-state index contributed by atoms with van der Waals surface area (Å²) in [7, 11) is 0. The number of fused-ring (bicyclic) bond motifs is 1. The highest BCUT2D eigenvalue weighted by atomic mass is 16.2. The van der Waals surface area contributed by atoms with Gasteiger partial charge in [-0.15, -0.1) is 0 Å². The van der Waals surface area contributed by atoms with Gasteiger partial charge in [-0.1, -0.05) is 32.0 Å². The molecular weight excluding hydrogens is 302 g/mol. The average molecular weight is 327 g/mol. The minimum Gasteiger partial charge on any atom is -0.350 e. The summed E-state index contributed by atoms with van der Waals surface area (Å²) in [5.41, 5.74) is 1.59. The number of carbonyl (C=O) groups excluding carboxylic acids is 2. The van der Waals surface area contributed by atoms with Gasteiger partial charge < -0.3 is 15.2 Å². The van der Waals surface area contributed by atoms with Crippen molar-refractivity contribution in [3.05, 3.63) is 36.0 Å². The lowest BCUT2D eigenvalue weighted by molar-refractivity contribution is -0.123. The van der Waals surface area contributed by atoms with Crippen LogP contribution in [0.2, 0.25) is 0 Å². The second kappa shape index (κ2) is 6.77. The average Bonchev–Trinajstić information content (AvgIpc) is 2.88. The van der Waals surface area contributed by atoms with E-state index in [9.17, 15) is 9.59 Å². The number of amides is 1. The summed E-state index contributed by atoms with van der Waals surface area (Å²) in [5.74, 6) is 0.0108. The Morgan fingerprint density at radius 2 is 1.92 bits per heavy atom. The molecule has 0 radical (unpaired) electrons. The van der Waals surface area contributed by atoms with Gasteiger partial charge in [0.05, 0.1) is 0 Å². The van der Waals surface area contributed by atoms with Crippen molar-refractivity contribution in [3.8, 4) is 0 Å². The highest BCUT2D eigenvalue weighted by molar-refractivity contribution is 6.07. The fraction of sp³-hybridized carbons (Fsp3) is 0.474. The van der Waals surface area contributed by atoms with E-state index in [4.69, 9.17) is 0 Å². The largest absolute Gasteiger partial charge is 0.350 e. The smallest absolute Gasteiger partial charge is 0.240 e. The van der Waals surface area contributed by atoms with E-state index in [1.165, 1.54) is 0 Å². The SMILES string of the molecule is CC(=O)c1cn(CC(=O)N[C@H]2CC[C@H]2NC(C)C)c2ccccc12. The first-order valence-electron chi connectivity index (χ1n) is 8.60. The van der Waals surface area contributed by atoms with E-state index in [2.05, 4.69) is 24.5 Å². The number of rotatable bonds is 6. The van der Waals surface area contributed by atoms with E-state index < -0.39 is 0 Å². The first-order chi connectivity index (χ1) is 11.5. The molecule has 5 heteroatoms. The third-order valence-corrected chi connectivity index (χ3v) is 4.65. The van der Waals surface area contributed by atoms with Crippen LogP contribution in [0.25, 0.3) is 10.9 Å². The molecule has 1 aliphatic rings. The molecule has 0 saturated heterocycles. The van der Waals surface area contributed by atoms with Crippen LogP contribution < -0.4 is 10.6 Å². The normalized spacial score (nSPS) is 20.2. The van der Waals surface area contributed by atoms with Crippen LogP contribution in [-0.2, 0) is 11.3 Å². The van der Waals surface area contributed by atoms with E-state index in [1.54, 1.807) is 13.1 Å². The number of carbonyl (C=O) groups is 2. The van der Waals surface area contributed by atoms with Crippen molar-refractivity contribution in [1.82, 2.24) is 15.2 Å². The molecule has 1 aromatic heterocycles. The number of hydrogen-bond acceptors (Lipinski definition) is 3. The van der Waals surface area contributed by atoms with Crippen molar-refractivity contribution in [1.29, 1.82) is 0 Å². The summed E-state index contributed by atoms with van der Waals surface area (Å²) in [4.78, 5) is 24.2. The molecular formula is C19H25N3O2. The summed E-state index contributed by atoms with van der Waals surface area (Å²) >= 11 is 0. The van der Waals surface area contributed by atoms with Crippen LogP contribution in [0.1, 0.15) is 44.0 Å².